The van der Waals surface area contributed by atoms with Crippen molar-refractivity contribution < 1.29 is 22.8 Å². The van der Waals surface area contributed by atoms with Crippen LogP contribution in [0.1, 0.15) is 15.9 Å². The lowest BCUT2D eigenvalue weighted by molar-refractivity contribution is -0.137. The molecule has 1 aromatic carbocycles. The maximum absolute atomic E-state index is 12.5. The number of halogens is 4. The Morgan fingerprint density at radius 3 is 2.44 bits per heavy atom. The second-order valence-corrected chi connectivity index (χ2v) is 4.20. The summed E-state index contributed by atoms with van der Waals surface area (Å²) in [5, 5.41) is 2.11. The lowest BCUT2D eigenvalue weighted by Crippen LogP contribution is -2.33. The second kappa shape index (κ2) is 5.38. The maximum atomic E-state index is 12.5. The molecule has 0 saturated heterocycles. The fraction of sp³-hybridized carbons (Fsp3) is 0.200. The van der Waals surface area contributed by atoms with Crippen LogP contribution in [-0.4, -0.2) is 18.4 Å². The minimum Gasteiger partial charge on any atom is -0.368 e. The Kier molecular flexibility index (Phi) is 4.33. The van der Waals surface area contributed by atoms with Crippen LogP contribution in [0, 0.1) is 0 Å². The Morgan fingerprint density at radius 2 is 1.94 bits per heavy atom. The van der Waals surface area contributed by atoms with Crippen molar-refractivity contribution in [2.45, 2.75) is 6.18 Å². The molecule has 18 heavy (non-hydrogen) atoms. The molecule has 0 aliphatic carbocycles. The van der Waals surface area contributed by atoms with E-state index in [2.05, 4.69) is 21.2 Å². The zero-order valence-electron chi connectivity index (χ0n) is 8.84. The van der Waals surface area contributed by atoms with Gasteiger partial charge < -0.3 is 11.1 Å². The third-order valence-electron chi connectivity index (χ3n) is 1.96. The van der Waals surface area contributed by atoms with Gasteiger partial charge in [-0.25, -0.2) is 0 Å². The summed E-state index contributed by atoms with van der Waals surface area (Å²) in [4.78, 5) is 22.0. The summed E-state index contributed by atoms with van der Waals surface area (Å²) in [6.07, 6.45) is -4.54. The Hall–Kier alpha value is -1.57. The van der Waals surface area contributed by atoms with E-state index in [4.69, 9.17) is 5.73 Å². The average molecular weight is 325 g/mol. The third-order valence-corrected chi connectivity index (χ3v) is 2.65. The second-order valence-electron chi connectivity index (χ2n) is 3.34. The number of amides is 2. The van der Waals surface area contributed by atoms with Crippen molar-refractivity contribution in [3.05, 3.63) is 33.8 Å². The predicted molar refractivity (Wildman–Crippen MR) is 60.7 cm³/mol. The summed E-state index contributed by atoms with van der Waals surface area (Å²) in [5.74, 6) is -1.60. The molecule has 98 valence electrons. The molecule has 0 heterocycles. The quantitative estimate of drug-likeness (QED) is 0.888. The molecule has 1 rings (SSSR count). The van der Waals surface area contributed by atoms with Gasteiger partial charge in [0.2, 0.25) is 5.91 Å². The summed E-state index contributed by atoms with van der Waals surface area (Å²) in [7, 11) is 0. The number of benzene rings is 1. The van der Waals surface area contributed by atoms with Gasteiger partial charge in [0.05, 0.1) is 17.7 Å². The molecule has 0 aliphatic rings. The van der Waals surface area contributed by atoms with Gasteiger partial charge in [-0.05, 0) is 34.1 Å². The van der Waals surface area contributed by atoms with Crippen LogP contribution in [0.15, 0.2) is 22.7 Å². The molecule has 0 radical (unpaired) electrons. The van der Waals surface area contributed by atoms with Gasteiger partial charge in [-0.1, -0.05) is 0 Å². The number of hydrogen-bond donors (Lipinski definition) is 2. The van der Waals surface area contributed by atoms with E-state index in [1.165, 1.54) is 0 Å². The number of nitrogens with one attached hydrogen (secondary N) is 1. The van der Waals surface area contributed by atoms with Crippen molar-refractivity contribution >= 4 is 27.7 Å². The molecule has 0 fully saturated rings. The molecule has 0 bridgehead atoms. The van der Waals surface area contributed by atoms with Crippen LogP contribution in [0.25, 0.3) is 0 Å². The first-order chi connectivity index (χ1) is 8.21. The number of alkyl halides is 3. The highest BCUT2D eigenvalue weighted by Gasteiger charge is 2.31. The van der Waals surface area contributed by atoms with Gasteiger partial charge in [-0.2, -0.15) is 13.2 Å². The SMILES string of the molecule is NC(=O)CNC(=O)c1cc(C(F)(F)F)ccc1Br. The van der Waals surface area contributed by atoms with Gasteiger partial charge in [-0.3, -0.25) is 9.59 Å². The van der Waals surface area contributed by atoms with E-state index < -0.39 is 30.1 Å². The maximum Gasteiger partial charge on any atom is 0.416 e. The third kappa shape index (κ3) is 3.73. The standard InChI is InChI=1S/C10H8BrF3N2O2/c11-7-2-1-5(10(12,13)14)3-6(7)9(18)16-4-8(15)17/h1-3H,4H2,(H2,15,17)(H,16,18). The number of carbonyl (C=O) groups is 2. The van der Waals surface area contributed by atoms with Crippen LogP contribution >= 0.6 is 15.9 Å². The van der Waals surface area contributed by atoms with E-state index in [1.807, 2.05) is 0 Å². The first kappa shape index (κ1) is 14.5. The van der Waals surface area contributed by atoms with Crippen molar-refractivity contribution in [2.75, 3.05) is 6.54 Å². The fourth-order valence-corrected chi connectivity index (χ4v) is 1.56. The monoisotopic (exact) mass is 324 g/mol. The topological polar surface area (TPSA) is 72.2 Å². The van der Waals surface area contributed by atoms with E-state index in [9.17, 15) is 22.8 Å². The van der Waals surface area contributed by atoms with Gasteiger partial charge in [-0.15, -0.1) is 0 Å². The first-order valence-corrected chi connectivity index (χ1v) is 5.44. The number of nitrogens with two attached hydrogens (primary N) is 1. The highest BCUT2D eigenvalue weighted by molar-refractivity contribution is 9.10. The highest BCUT2D eigenvalue weighted by Crippen LogP contribution is 2.31. The minimum atomic E-state index is -4.54. The van der Waals surface area contributed by atoms with Crippen molar-refractivity contribution in [2.24, 2.45) is 5.73 Å². The molecule has 8 heteroatoms. The Balaban J connectivity index is 3.01. The molecule has 0 atom stereocenters. The van der Waals surface area contributed by atoms with Crippen molar-refractivity contribution in [3.63, 3.8) is 0 Å². The Labute approximate surface area is 108 Å². The van der Waals surface area contributed by atoms with Crippen LogP contribution in [0.3, 0.4) is 0 Å². The molecule has 0 spiro atoms. The van der Waals surface area contributed by atoms with Gasteiger partial charge >= 0.3 is 6.18 Å². The van der Waals surface area contributed by atoms with E-state index in [0.29, 0.717) is 6.07 Å². The van der Waals surface area contributed by atoms with Crippen LogP contribution in [-0.2, 0) is 11.0 Å². The first-order valence-electron chi connectivity index (χ1n) is 4.65. The van der Waals surface area contributed by atoms with Gasteiger partial charge in [0, 0.05) is 4.47 Å². The highest BCUT2D eigenvalue weighted by atomic mass is 79.9. The fourth-order valence-electron chi connectivity index (χ4n) is 1.14. The molecular formula is C10H8BrF3N2O2. The summed E-state index contributed by atoms with van der Waals surface area (Å²) in [5.41, 5.74) is 3.64. The summed E-state index contributed by atoms with van der Waals surface area (Å²) < 4.78 is 37.6. The molecule has 4 nitrogen and oxygen atoms in total. The molecular weight excluding hydrogens is 317 g/mol. The molecule has 0 aromatic heterocycles. The summed E-state index contributed by atoms with van der Waals surface area (Å²) in [6.45, 7) is -0.443. The van der Waals surface area contributed by atoms with Gasteiger partial charge in [0.25, 0.3) is 5.91 Å². The minimum absolute atomic E-state index is 0.192. The Bertz CT molecular complexity index is 489. The number of carbonyl (C=O) groups excluding carboxylic acids is 2. The van der Waals surface area contributed by atoms with Crippen molar-refractivity contribution in [1.29, 1.82) is 0 Å². The summed E-state index contributed by atoms with van der Waals surface area (Å²) in [6, 6.07) is 2.65. The smallest absolute Gasteiger partial charge is 0.368 e. The lowest BCUT2D eigenvalue weighted by Gasteiger charge is -2.10. The van der Waals surface area contributed by atoms with E-state index in [0.717, 1.165) is 12.1 Å². The van der Waals surface area contributed by atoms with E-state index in [-0.39, 0.29) is 10.0 Å². The zero-order valence-corrected chi connectivity index (χ0v) is 10.4. The Morgan fingerprint density at radius 1 is 1.33 bits per heavy atom. The zero-order chi connectivity index (χ0) is 13.9. The molecule has 3 N–H and O–H groups in total. The van der Waals surface area contributed by atoms with Crippen LogP contribution in [0.4, 0.5) is 13.2 Å². The summed E-state index contributed by atoms with van der Waals surface area (Å²) >= 11 is 2.96. The van der Waals surface area contributed by atoms with E-state index in [1.54, 1.807) is 0 Å². The van der Waals surface area contributed by atoms with Crippen LogP contribution in [0.5, 0.6) is 0 Å². The number of primary amides is 1. The number of hydrogen-bond acceptors (Lipinski definition) is 2. The molecule has 1 aromatic rings. The van der Waals surface area contributed by atoms with Crippen LogP contribution in [0.2, 0.25) is 0 Å². The largest absolute Gasteiger partial charge is 0.416 e. The normalized spacial score (nSPS) is 11.1. The van der Waals surface area contributed by atoms with E-state index >= 15 is 0 Å². The van der Waals surface area contributed by atoms with Gasteiger partial charge in [0.1, 0.15) is 0 Å². The average Bonchev–Trinajstić information content (AvgIpc) is 2.24. The molecule has 0 saturated carbocycles. The lowest BCUT2D eigenvalue weighted by atomic mass is 10.1. The number of rotatable bonds is 3. The van der Waals surface area contributed by atoms with Crippen molar-refractivity contribution in [1.82, 2.24) is 5.32 Å². The molecule has 2 amide bonds. The molecule has 0 unspecified atom stereocenters. The predicted octanol–water partition coefficient (Wildman–Crippen LogP) is 1.68. The van der Waals surface area contributed by atoms with Gasteiger partial charge in [0.15, 0.2) is 0 Å². The van der Waals surface area contributed by atoms with Crippen LogP contribution < -0.4 is 11.1 Å². The van der Waals surface area contributed by atoms with Crippen molar-refractivity contribution in [3.8, 4) is 0 Å². The molecule has 0 aliphatic heterocycles.